The third kappa shape index (κ3) is 3.34. The fraction of sp³-hybridized carbons (Fsp3) is 0.714. The Bertz CT molecular complexity index is 376. The monoisotopic (exact) mass is 250 g/mol. The fourth-order valence-corrected chi connectivity index (χ4v) is 2.08. The predicted molar refractivity (Wildman–Crippen MR) is 77.9 cm³/mol. The highest BCUT2D eigenvalue weighted by molar-refractivity contribution is 5.58. The zero-order chi connectivity index (χ0) is 13.7. The lowest BCUT2D eigenvalue weighted by molar-refractivity contribution is 0.543. The number of aromatic nitrogens is 2. The first kappa shape index (κ1) is 14.7. The lowest BCUT2D eigenvalue weighted by atomic mass is 10.0. The van der Waals surface area contributed by atoms with Crippen LogP contribution in [0.3, 0.4) is 0 Å². The number of rotatable bonds is 6. The largest absolute Gasteiger partial charge is 0.383 e. The molecule has 0 saturated carbocycles. The minimum Gasteiger partial charge on any atom is -0.383 e. The van der Waals surface area contributed by atoms with Gasteiger partial charge in [-0.25, -0.2) is 9.97 Å². The number of nitrogens with two attached hydrogens (primary N) is 1. The number of hydrogen-bond donors (Lipinski definition) is 1. The van der Waals surface area contributed by atoms with Crippen molar-refractivity contribution in [3.8, 4) is 0 Å². The van der Waals surface area contributed by atoms with E-state index in [4.69, 9.17) is 5.73 Å². The van der Waals surface area contributed by atoms with Gasteiger partial charge in [0.15, 0.2) is 0 Å². The van der Waals surface area contributed by atoms with Crippen molar-refractivity contribution in [3.63, 3.8) is 0 Å². The van der Waals surface area contributed by atoms with Crippen LogP contribution in [-0.2, 0) is 0 Å². The topological polar surface area (TPSA) is 55.0 Å². The zero-order valence-corrected chi connectivity index (χ0v) is 12.3. The third-order valence-corrected chi connectivity index (χ3v) is 3.38. The fourth-order valence-electron chi connectivity index (χ4n) is 2.08. The molecule has 102 valence electrons. The van der Waals surface area contributed by atoms with Gasteiger partial charge in [0.1, 0.15) is 18.0 Å². The molecule has 18 heavy (non-hydrogen) atoms. The van der Waals surface area contributed by atoms with Crippen LogP contribution in [0.4, 0.5) is 11.6 Å². The SMILES string of the molecule is CCC(C)CN(CC)c1ncnc(N)c1C(C)C. The lowest BCUT2D eigenvalue weighted by Crippen LogP contribution is -2.30. The third-order valence-electron chi connectivity index (χ3n) is 3.38. The highest BCUT2D eigenvalue weighted by Gasteiger charge is 2.18. The van der Waals surface area contributed by atoms with Crippen LogP contribution in [0.1, 0.15) is 52.5 Å². The second-order valence-electron chi connectivity index (χ2n) is 5.20. The molecule has 1 aromatic heterocycles. The summed E-state index contributed by atoms with van der Waals surface area (Å²) in [7, 11) is 0. The van der Waals surface area contributed by atoms with Crippen LogP contribution in [0.25, 0.3) is 0 Å². The van der Waals surface area contributed by atoms with Gasteiger partial charge in [-0.3, -0.25) is 0 Å². The molecule has 0 aliphatic heterocycles. The molecule has 0 aromatic carbocycles. The van der Waals surface area contributed by atoms with Crippen LogP contribution in [0.5, 0.6) is 0 Å². The Morgan fingerprint density at radius 3 is 2.39 bits per heavy atom. The molecule has 4 nitrogen and oxygen atoms in total. The molecule has 4 heteroatoms. The van der Waals surface area contributed by atoms with Crippen molar-refractivity contribution in [2.45, 2.75) is 47.0 Å². The molecule has 0 spiro atoms. The predicted octanol–water partition coefficient (Wildman–Crippen LogP) is 3.05. The summed E-state index contributed by atoms with van der Waals surface area (Å²) in [5, 5.41) is 0. The Balaban J connectivity index is 3.09. The standard InChI is InChI=1S/C14H26N4/c1-6-11(5)8-18(7-2)14-12(10(3)4)13(15)16-9-17-14/h9-11H,6-8H2,1-5H3,(H2,15,16,17). The Hall–Kier alpha value is -1.32. The van der Waals surface area contributed by atoms with Crippen molar-refractivity contribution in [1.82, 2.24) is 9.97 Å². The van der Waals surface area contributed by atoms with E-state index in [0.29, 0.717) is 17.7 Å². The van der Waals surface area contributed by atoms with Crippen molar-refractivity contribution in [1.29, 1.82) is 0 Å². The van der Waals surface area contributed by atoms with Crippen LogP contribution in [0.2, 0.25) is 0 Å². The highest BCUT2D eigenvalue weighted by Crippen LogP contribution is 2.29. The van der Waals surface area contributed by atoms with Crippen LogP contribution in [0.15, 0.2) is 6.33 Å². The van der Waals surface area contributed by atoms with Crippen molar-refractivity contribution in [3.05, 3.63) is 11.9 Å². The zero-order valence-electron chi connectivity index (χ0n) is 12.3. The van der Waals surface area contributed by atoms with Crippen LogP contribution in [0, 0.1) is 5.92 Å². The molecule has 1 unspecified atom stereocenters. The van der Waals surface area contributed by atoms with E-state index in [1.165, 1.54) is 6.42 Å². The van der Waals surface area contributed by atoms with Gasteiger partial charge in [0.25, 0.3) is 0 Å². The molecular weight excluding hydrogens is 224 g/mol. The molecule has 0 amide bonds. The maximum Gasteiger partial charge on any atom is 0.137 e. The molecule has 0 aliphatic carbocycles. The van der Waals surface area contributed by atoms with Gasteiger partial charge in [-0.15, -0.1) is 0 Å². The minimum absolute atomic E-state index is 0.340. The van der Waals surface area contributed by atoms with Gasteiger partial charge in [0.2, 0.25) is 0 Å². The number of hydrogen-bond acceptors (Lipinski definition) is 4. The van der Waals surface area contributed by atoms with E-state index in [-0.39, 0.29) is 0 Å². The molecule has 0 bridgehead atoms. The first-order chi connectivity index (χ1) is 8.51. The molecule has 1 aromatic rings. The second kappa shape index (κ2) is 6.57. The van der Waals surface area contributed by atoms with Gasteiger partial charge in [-0.1, -0.05) is 34.1 Å². The maximum atomic E-state index is 6.00. The molecule has 2 N–H and O–H groups in total. The molecule has 0 saturated heterocycles. The van der Waals surface area contributed by atoms with E-state index in [2.05, 4.69) is 49.5 Å². The van der Waals surface area contributed by atoms with Crippen molar-refractivity contribution in [2.75, 3.05) is 23.7 Å². The van der Waals surface area contributed by atoms with E-state index in [9.17, 15) is 0 Å². The molecule has 1 heterocycles. The minimum atomic E-state index is 0.340. The Morgan fingerprint density at radius 2 is 1.89 bits per heavy atom. The molecule has 0 fully saturated rings. The first-order valence-corrected chi connectivity index (χ1v) is 6.86. The molecule has 0 aliphatic rings. The van der Waals surface area contributed by atoms with Crippen LogP contribution < -0.4 is 10.6 Å². The molecule has 0 radical (unpaired) electrons. The maximum absolute atomic E-state index is 6.00. The Morgan fingerprint density at radius 1 is 1.22 bits per heavy atom. The number of nitrogens with zero attached hydrogens (tertiary/aromatic N) is 3. The summed E-state index contributed by atoms with van der Waals surface area (Å²) in [6, 6.07) is 0. The van der Waals surface area contributed by atoms with Crippen LogP contribution in [-0.4, -0.2) is 23.1 Å². The first-order valence-electron chi connectivity index (χ1n) is 6.86. The number of nitrogen functional groups attached to an aromatic ring is 1. The van der Waals surface area contributed by atoms with E-state index < -0.39 is 0 Å². The van der Waals surface area contributed by atoms with Gasteiger partial charge in [-0.05, 0) is 18.8 Å². The van der Waals surface area contributed by atoms with Gasteiger partial charge in [-0.2, -0.15) is 0 Å². The van der Waals surface area contributed by atoms with E-state index >= 15 is 0 Å². The average Bonchev–Trinajstić information content (AvgIpc) is 2.34. The van der Waals surface area contributed by atoms with Crippen molar-refractivity contribution >= 4 is 11.6 Å². The summed E-state index contributed by atoms with van der Waals surface area (Å²) in [4.78, 5) is 10.9. The van der Waals surface area contributed by atoms with Crippen molar-refractivity contribution in [2.24, 2.45) is 5.92 Å². The van der Waals surface area contributed by atoms with Gasteiger partial charge < -0.3 is 10.6 Å². The van der Waals surface area contributed by atoms with Crippen LogP contribution >= 0.6 is 0 Å². The average molecular weight is 250 g/mol. The summed E-state index contributed by atoms with van der Waals surface area (Å²) < 4.78 is 0. The quantitative estimate of drug-likeness (QED) is 0.843. The van der Waals surface area contributed by atoms with E-state index in [1.807, 2.05) is 0 Å². The Labute approximate surface area is 111 Å². The molecule has 1 rings (SSSR count). The Kier molecular flexibility index (Phi) is 5.38. The van der Waals surface area contributed by atoms with Gasteiger partial charge in [0, 0.05) is 18.7 Å². The number of anilines is 2. The second-order valence-corrected chi connectivity index (χ2v) is 5.20. The van der Waals surface area contributed by atoms with Gasteiger partial charge in [0.05, 0.1) is 0 Å². The highest BCUT2D eigenvalue weighted by atomic mass is 15.2. The van der Waals surface area contributed by atoms with E-state index in [0.717, 1.165) is 24.5 Å². The lowest BCUT2D eigenvalue weighted by Gasteiger charge is -2.28. The summed E-state index contributed by atoms with van der Waals surface area (Å²) in [6.07, 6.45) is 2.74. The summed E-state index contributed by atoms with van der Waals surface area (Å²) >= 11 is 0. The molecule has 1 atom stereocenters. The summed E-state index contributed by atoms with van der Waals surface area (Å²) in [5.74, 6) is 2.60. The molecular formula is C14H26N4. The van der Waals surface area contributed by atoms with Crippen molar-refractivity contribution < 1.29 is 0 Å². The van der Waals surface area contributed by atoms with Gasteiger partial charge >= 0.3 is 0 Å². The summed E-state index contributed by atoms with van der Waals surface area (Å²) in [6.45, 7) is 12.9. The normalized spacial score (nSPS) is 12.8. The van der Waals surface area contributed by atoms with E-state index in [1.54, 1.807) is 6.33 Å². The summed E-state index contributed by atoms with van der Waals surface area (Å²) in [5.41, 5.74) is 7.07. The smallest absolute Gasteiger partial charge is 0.137 e.